The Morgan fingerprint density at radius 2 is 1.71 bits per heavy atom. The van der Waals surface area contributed by atoms with Gasteiger partial charge in [-0.05, 0) is 37.5 Å². The van der Waals surface area contributed by atoms with Crippen molar-refractivity contribution >= 4 is 0 Å². The van der Waals surface area contributed by atoms with Crippen molar-refractivity contribution < 1.29 is 0 Å². The molecule has 0 aromatic rings. The van der Waals surface area contributed by atoms with Crippen LogP contribution in [0.3, 0.4) is 0 Å². The molecule has 0 saturated heterocycles. The molecule has 14 heavy (non-hydrogen) atoms. The summed E-state index contributed by atoms with van der Waals surface area (Å²) in [4.78, 5) is 0. The minimum Gasteiger partial charge on any atom is -0.0885 e. The van der Waals surface area contributed by atoms with Crippen LogP contribution in [0.5, 0.6) is 0 Å². The van der Waals surface area contributed by atoms with Crippen molar-refractivity contribution in [3.8, 4) is 0 Å². The Kier molecular flexibility index (Phi) is 9.13. The van der Waals surface area contributed by atoms with E-state index in [9.17, 15) is 0 Å². The maximum Gasteiger partial charge on any atom is -0.0325 e. The molecule has 0 rings (SSSR count). The van der Waals surface area contributed by atoms with Crippen LogP contribution >= 0.6 is 0 Å². The summed E-state index contributed by atoms with van der Waals surface area (Å²) in [6, 6.07) is 0. The van der Waals surface area contributed by atoms with Gasteiger partial charge < -0.3 is 0 Å². The molecule has 84 valence electrons. The van der Waals surface area contributed by atoms with Crippen molar-refractivity contribution in [1.29, 1.82) is 0 Å². The Bertz CT molecular complexity index is 133. The van der Waals surface area contributed by atoms with Gasteiger partial charge in [0.2, 0.25) is 0 Å². The Morgan fingerprint density at radius 1 is 1.00 bits per heavy atom. The zero-order valence-corrected chi connectivity index (χ0v) is 10.6. The Morgan fingerprint density at radius 3 is 2.29 bits per heavy atom. The van der Waals surface area contributed by atoms with Crippen molar-refractivity contribution in [3.05, 3.63) is 12.2 Å². The molecule has 0 aliphatic carbocycles. The molecule has 1 unspecified atom stereocenters. The van der Waals surface area contributed by atoms with Crippen molar-refractivity contribution in [2.45, 2.75) is 66.2 Å². The maximum absolute atomic E-state index is 2.38. The van der Waals surface area contributed by atoms with E-state index in [1.54, 1.807) is 0 Å². The largest absolute Gasteiger partial charge is 0.0885 e. The van der Waals surface area contributed by atoms with E-state index in [2.05, 4.69) is 39.8 Å². The lowest BCUT2D eigenvalue weighted by Crippen LogP contribution is -1.98. The average Bonchev–Trinajstić information content (AvgIpc) is 2.10. The van der Waals surface area contributed by atoms with Crippen molar-refractivity contribution in [2.24, 2.45) is 11.8 Å². The fraction of sp³-hybridized carbons (Fsp3) is 0.857. The van der Waals surface area contributed by atoms with Crippen LogP contribution in [0.15, 0.2) is 12.2 Å². The van der Waals surface area contributed by atoms with E-state index in [-0.39, 0.29) is 0 Å². The van der Waals surface area contributed by atoms with E-state index in [0.29, 0.717) is 0 Å². The van der Waals surface area contributed by atoms with Crippen LogP contribution in [0.4, 0.5) is 0 Å². The van der Waals surface area contributed by atoms with E-state index in [4.69, 9.17) is 0 Å². The predicted octanol–water partition coefficient (Wildman–Crippen LogP) is 5.20. The van der Waals surface area contributed by atoms with Gasteiger partial charge in [0.15, 0.2) is 0 Å². The lowest BCUT2D eigenvalue weighted by Gasteiger charge is -2.10. The minimum absolute atomic E-state index is 0.846. The molecule has 0 radical (unpaired) electrons. The van der Waals surface area contributed by atoms with Gasteiger partial charge in [0.05, 0.1) is 0 Å². The predicted molar refractivity (Wildman–Crippen MR) is 66.5 cm³/mol. The molecule has 0 nitrogen and oxygen atoms in total. The normalized spacial score (nSPS) is 14.1. The second-order valence-corrected chi connectivity index (χ2v) is 4.94. The van der Waals surface area contributed by atoms with Gasteiger partial charge in [-0.1, -0.05) is 52.7 Å². The van der Waals surface area contributed by atoms with Gasteiger partial charge >= 0.3 is 0 Å². The molecule has 0 amide bonds. The molecule has 0 aromatic heterocycles. The van der Waals surface area contributed by atoms with Crippen molar-refractivity contribution in [3.63, 3.8) is 0 Å². The second kappa shape index (κ2) is 9.30. The fourth-order valence-electron chi connectivity index (χ4n) is 1.86. The number of hydrogen-bond acceptors (Lipinski definition) is 0. The van der Waals surface area contributed by atoms with Crippen molar-refractivity contribution in [1.82, 2.24) is 0 Å². The van der Waals surface area contributed by atoms with Crippen LogP contribution in [0.2, 0.25) is 0 Å². The summed E-state index contributed by atoms with van der Waals surface area (Å²) in [7, 11) is 0. The summed E-state index contributed by atoms with van der Waals surface area (Å²) < 4.78 is 0. The monoisotopic (exact) mass is 196 g/mol. The van der Waals surface area contributed by atoms with Gasteiger partial charge in [-0.25, -0.2) is 0 Å². The molecule has 0 aromatic carbocycles. The second-order valence-electron chi connectivity index (χ2n) is 4.94. The maximum atomic E-state index is 2.38. The molecule has 0 aliphatic heterocycles. The van der Waals surface area contributed by atoms with Gasteiger partial charge in [-0.2, -0.15) is 0 Å². The molecule has 0 aliphatic rings. The summed E-state index contributed by atoms with van der Waals surface area (Å²) in [5, 5.41) is 0. The molecular weight excluding hydrogens is 168 g/mol. The summed E-state index contributed by atoms with van der Waals surface area (Å²) in [5.74, 6) is 1.70. The van der Waals surface area contributed by atoms with Crippen LogP contribution in [0.1, 0.15) is 66.2 Å². The first-order valence-electron chi connectivity index (χ1n) is 6.31. The third kappa shape index (κ3) is 9.83. The number of allylic oxidation sites excluding steroid dienone is 2. The summed E-state index contributed by atoms with van der Waals surface area (Å²) in [6.07, 6.45) is 12.7. The first-order chi connectivity index (χ1) is 6.66. The highest BCUT2D eigenvalue weighted by molar-refractivity contribution is 4.83. The molecule has 0 bridgehead atoms. The highest BCUT2D eigenvalue weighted by atomic mass is 14.1. The summed E-state index contributed by atoms with van der Waals surface area (Å²) in [5.41, 5.74) is 0. The van der Waals surface area contributed by atoms with Crippen LogP contribution in [0.25, 0.3) is 0 Å². The smallest absolute Gasteiger partial charge is 0.0325 e. The number of unbranched alkanes of at least 4 members (excludes halogenated alkanes) is 3. The van der Waals surface area contributed by atoms with E-state index in [0.717, 1.165) is 11.8 Å². The zero-order chi connectivity index (χ0) is 10.8. The van der Waals surface area contributed by atoms with E-state index in [1.165, 1.54) is 38.5 Å². The Balaban J connectivity index is 3.32. The van der Waals surface area contributed by atoms with E-state index < -0.39 is 0 Å². The highest BCUT2D eigenvalue weighted by Gasteiger charge is 2.01. The Hall–Kier alpha value is -0.260. The molecule has 0 fully saturated rings. The lowest BCUT2D eigenvalue weighted by atomic mass is 9.96. The molecule has 1 atom stereocenters. The van der Waals surface area contributed by atoms with Gasteiger partial charge in [0.25, 0.3) is 0 Å². The van der Waals surface area contributed by atoms with Crippen LogP contribution in [-0.4, -0.2) is 0 Å². The Labute approximate surface area is 90.8 Å². The molecular formula is C14H28. The average molecular weight is 196 g/mol. The standard InChI is InChI=1S/C14H28/c1-5-6-7-8-9-10-11-14(4)12-13(2)3/h9-10,13-14H,5-8,11-12H2,1-4H3. The first-order valence-corrected chi connectivity index (χ1v) is 6.31. The van der Waals surface area contributed by atoms with Crippen LogP contribution in [0, 0.1) is 11.8 Å². The molecule has 0 heteroatoms. The summed E-state index contributed by atoms with van der Waals surface area (Å²) in [6.45, 7) is 9.23. The van der Waals surface area contributed by atoms with Crippen LogP contribution < -0.4 is 0 Å². The number of hydrogen-bond donors (Lipinski definition) is 0. The highest BCUT2D eigenvalue weighted by Crippen LogP contribution is 2.15. The number of rotatable bonds is 8. The summed E-state index contributed by atoms with van der Waals surface area (Å²) >= 11 is 0. The third-order valence-electron chi connectivity index (χ3n) is 2.55. The van der Waals surface area contributed by atoms with Crippen molar-refractivity contribution in [2.75, 3.05) is 0 Å². The molecule has 0 saturated carbocycles. The topological polar surface area (TPSA) is 0 Å². The molecule has 0 spiro atoms. The van der Waals surface area contributed by atoms with E-state index in [1.807, 2.05) is 0 Å². The third-order valence-corrected chi connectivity index (χ3v) is 2.55. The molecule has 0 N–H and O–H groups in total. The van der Waals surface area contributed by atoms with Crippen LogP contribution in [-0.2, 0) is 0 Å². The first kappa shape index (κ1) is 13.7. The minimum atomic E-state index is 0.846. The van der Waals surface area contributed by atoms with Gasteiger partial charge in [-0.3, -0.25) is 0 Å². The fourth-order valence-corrected chi connectivity index (χ4v) is 1.86. The lowest BCUT2D eigenvalue weighted by molar-refractivity contribution is 0.442. The zero-order valence-electron chi connectivity index (χ0n) is 10.6. The van der Waals surface area contributed by atoms with Gasteiger partial charge in [0.1, 0.15) is 0 Å². The van der Waals surface area contributed by atoms with Gasteiger partial charge in [-0.15, -0.1) is 0 Å². The quantitative estimate of drug-likeness (QED) is 0.370. The molecule has 0 heterocycles. The SMILES string of the molecule is CCCCCC=CCC(C)CC(C)C. The van der Waals surface area contributed by atoms with Gasteiger partial charge in [0, 0.05) is 0 Å². The van der Waals surface area contributed by atoms with E-state index >= 15 is 0 Å².